The number of rotatable bonds is 4. The number of halogens is 1. The lowest BCUT2D eigenvalue weighted by molar-refractivity contribution is -0.138. The molecule has 0 heterocycles. The second-order valence-electron chi connectivity index (χ2n) is 5.92. The minimum atomic E-state index is -0.904. The number of aliphatic carboxylic acids is 1. The Morgan fingerprint density at radius 1 is 1.09 bits per heavy atom. The predicted octanol–water partition coefficient (Wildman–Crippen LogP) is 4.12. The zero-order valence-corrected chi connectivity index (χ0v) is 12.4. The van der Waals surface area contributed by atoms with Crippen LogP contribution in [0.1, 0.15) is 41.0 Å². The summed E-state index contributed by atoms with van der Waals surface area (Å²) in [6.07, 6.45) is 4.61. The first-order valence-electron chi connectivity index (χ1n) is 7.73. The van der Waals surface area contributed by atoms with Crippen molar-refractivity contribution in [2.45, 2.75) is 38.0 Å². The van der Waals surface area contributed by atoms with Crippen molar-refractivity contribution in [3.8, 4) is 0 Å². The van der Waals surface area contributed by atoms with E-state index >= 15 is 0 Å². The minimum Gasteiger partial charge on any atom is -0.481 e. The van der Waals surface area contributed by atoms with E-state index in [1.54, 1.807) is 18.2 Å². The number of benzene rings is 2. The molecule has 2 aromatic carbocycles. The first kappa shape index (κ1) is 14.8. The molecule has 0 aromatic heterocycles. The Balaban J connectivity index is 1.91. The van der Waals surface area contributed by atoms with Crippen LogP contribution in [0.3, 0.4) is 0 Å². The number of carboxylic acids is 1. The molecule has 2 nitrogen and oxygen atoms in total. The number of hydrogen-bond acceptors (Lipinski definition) is 1. The minimum absolute atomic E-state index is 0.181. The van der Waals surface area contributed by atoms with Crippen molar-refractivity contribution >= 4 is 5.97 Å². The lowest BCUT2D eigenvalue weighted by Crippen LogP contribution is -2.16. The van der Waals surface area contributed by atoms with Crippen LogP contribution in [0.15, 0.2) is 42.5 Å². The molecule has 22 heavy (non-hydrogen) atoms. The van der Waals surface area contributed by atoms with Crippen LogP contribution in [-0.2, 0) is 24.1 Å². The third-order valence-corrected chi connectivity index (χ3v) is 4.45. The van der Waals surface area contributed by atoms with E-state index in [1.165, 1.54) is 23.6 Å². The van der Waals surface area contributed by atoms with E-state index in [2.05, 4.69) is 0 Å². The monoisotopic (exact) mass is 298 g/mol. The first-order chi connectivity index (χ1) is 10.6. The van der Waals surface area contributed by atoms with Crippen molar-refractivity contribution in [3.63, 3.8) is 0 Å². The summed E-state index contributed by atoms with van der Waals surface area (Å²) in [5.41, 5.74) is 3.80. The molecule has 114 valence electrons. The van der Waals surface area contributed by atoms with Gasteiger partial charge in [0, 0.05) is 0 Å². The third-order valence-electron chi connectivity index (χ3n) is 4.45. The fourth-order valence-corrected chi connectivity index (χ4v) is 3.20. The molecule has 0 spiro atoms. The fourth-order valence-electron chi connectivity index (χ4n) is 3.20. The van der Waals surface area contributed by atoms with Crippen LogP contribution in [0.25, 0.3) is 0 Å². The molecule has 1 N–H and O–H groups in total. The second-order valence-corrected chi connectivity index (χ2v) is 5.92. The van der Waals surface area contributed by atoms with Crippen LogP contribution < -0.4 is 0 Å². The van der Waals surface area contributed by atoms with E-state index in [1.807, 2.05) is 18.2 Å². The van der Waals surface area contributed by atoms with Crippen LogP contribution in [0.5, 0.6) is 0 Å². The molecule has 0 fully saturated rings. The summed E-state index contributed by atoms with van der Waals surface area (Å²) in [4.78, 5) is 11.7. The average Bonchev–Trinajstić information content (AvgIpc) is 2.53. The molecule has 1 aliphatic rings. The van der Waals surface area contributed by atoms with Gasteiger partial charge in [-0.25, -0.2) is 4.39 Å². The number of hydrogen-bond donors (Lipinski definition) is 1. The SMILES string of the molecule is O=C(O)C(Cc1ccccc1F)c1ccc2c(c1)CCCC2. The van der Waals surface area contributed by atoms with Crippen molar-refractivity contribution in [3.05, 3.63) is 70.5 Å². The molecule has 0 saturated heterocycles. The number of carbonyl (C=O) groups is 1. The quantitative estimate of drug-likeness (QED) is 0.922. The summed E-state index contributed by atoms with van der Waals surface area (Å²) < 4.78 is 13.8. The lowest BCUT2D eigenvalue weighted by atomic mass is 9.85. The molecule has 1 unspecified atom stereocenters. The molecular formula is C19H19FO2. The van der Waals surface area contributed by atoms with Crippen molar-refractivity contribution in [1.29, 1.82) is 0 Å². The molecule has 2 aromatic rings. The first-order valence-corrected chi connectivity index (χ1v) is 7.73. The Kier molecular flexibility index (Phi) is 4.23. The van der Waals surface area contributed by atoms with E-state index in [9.17, 15) is 14.3 Å². The van der Waals surface area contributed by atoms with Gasteiger partial charge in [0.05, 0.1) is 5.92 Å². The maximum Gasteiger partial charge on any atom is 0.311 e. The van der Waals surface area contributed by atoms with Gasteiger partial charge in [-0.05, 0) is 60.4 Å². The smallest absolute Gasteiger partial charge is 0.311 e. The highest BCUT2D eigenvalue weighted by Crippen LogP contribution is 2.28. The van der Waals surface area contributed by atoms with Crippen LogP contribution >= 0.6 is 0 Å². The normalized spacial score (nSPS) is 15.1. The highest BCUT2D eigenvalue weighted by Gasteiger charge is 2.23. The van der Waals surface area contributed by atoms with Gasteiger partial charge < -0.3 is 5.11 Å². The van der Waals surface area contributed by atoms with Gasteiger partial charge in [-0.15, -0.1) is 0 Å². The molecule has 0 radical (unpaired) electrons. The number of fused-ring (bicyclic) bond motifs is 1. The van der Waals surface area contributed by atoms with Gasteiger partial charge in [0.2, 0.25) is 0 Å². The van der Waals surface area contributed by atoms with E-state index < -0.39 is 11.9 Å². The van der Waals surface area contributed by atoms with Gasteiger partial charge >= 0.3 is 5.97 Å². The Morgan fingerprint density at radius 3 is 2.55 bits per heavy atom. The Labute approximate surface area is 129 Å². The molecule has 3 rings (SSSR count). The summed E-state index contributed by atoms with van der Waals surface area (Å²) in [6.45, 7) is 0. The summed E-state index contributed by atoms with van der Waals surface area (Å²) in [5, 5.41) is 9.56. The zero-order valence-electron chi connectivity index (χ0n) is 12.4. The molecule has 1 atom stereocenters. The molecule has 0 amide bonds. The highest BCUT2D eigenvalue weighted by atomic mass is 19.1. The maximum atomic E-state index is 13.8. The standard InChI is InChI=1S/C19H19FO2/c20-18-8-4-3-7-16(18)12-17(19(21)22)15-10-9-13-5-1-2-6-14(13)11-15/h3-4,7-11,17H,1-2,5-6,12H2,(H,21,22). The number of carboxylic acid groups (broad SMARTS) is 1. The predicted molar refractivity (Wildman–Crippen MR) is 83.6 cm³/mol. The van der Waals surface area contributed by atoms with Crippen LogP contribution in [0.4, 0.5) is 4.39 Å². The highest BCUT2D eigenvalue weighted by molar-refractivity contribution is 5.76. The molecule has 3 heteroatoms. The summed E-state index contributed by atoms with van der Waals surface area (Å²) in [5.74, 6) is -1.95. The zero-order chi connectivity index (χ0) is 15.5. The van der Waals surface area contributed by atoms with Crippen LogP contribution in [0, 0.1) is 5.82 Å². The van der Waals surface area contributed by atoms with Gasteiger partial charge in [-0.1, -0.05) is 36.4 Å². The van der Waals surface area contributed by atoms with E-state index in [0.717, 1.165) is 24.8 Å². The topological polar surface area (TPSA) is 37.3 Å². The molecular weight excluding hydrogens is 279 g/mol. The Bertz CT molecular complexity index is 694. The molecule has 1 aliphatic carbocycles. The van der Waals surface area contributed by atoms with Crippen molar-refractivity contribution in [2.75, 3.05) is 0 Å². The van der Waals surface area contributed by atoms with Gasteiger partial charge in [0.15, 0.2) is 0 Å². The van der Waals surface area contributed by atoms with Crippen LogP contribution in [0.2, 0.25) is 0 Å². The Hall–Kier alpha value is -2.16. The van der Waals surface area contributed by atoms with Crippen molar-refractivity contribution < 1.29 is 14.3 Å². The molecule has 0 saturated carbocycles. The maximum absolute atomic E-state index is 13.8. The molecule has 0 aliphatic heterocycles. The third kappa shape index (κ3) is 3.03. The van der Waals surface area contributed by atoms with E-state index in [0.29, 0.717) is 5.56 Å². The summed E-state index contributed by atoms with van der Waals surface area (Å²) in [7, 11) is 0. The average molecular weight is 298 g/mol. The van der Waals surface area contributed by atoms with Gasteiger partial charge in [0.1, 0.15) is 5.82 Å². The van der Waals surface area contributed by atoms with E-state index in [-0.39, 0.29) is 12.2 Å². The summed E-state index contributed by atoms with van der Waals surface area (Å²) in [6, 6.07) is 12.3. The van der Waals surface area contributed by atoms with Gasteiger partial charge in [0.25, 0.3) is 0 Å². The number of aryl methyl sites for hydroxylation is 2. The van der Waals surface area contributed by atoms with Crippen molar-refractivity contribution in [1.82, 2.24) is 0 Å². The lowest BCUT2D eigenvalue weighted by Gasteiger charge is -2.19. The Morgan fingerprint density at radius 2 is 1.82 bits per heavy atom. The summed E-state index contributed by atoms with van der Waals surface area (Å²) >= 11 is 0. The van der Waals surface area contributed by atoms with E-state index in [4.69, 9.17) is 0 Å². The fraction of sp³-hybridized carbons (Fsp3) is 0.316. The molecule has 0 bridgehead atoms. The van der Waals surface area contributed by atoms with Gasteiger partial charge in [-0.3, -0.25) is 4.79 Å². The largest absolute Gasteiger partial charge is 0.481 e. The van der Waals surface area contributed by atoms with Gasteiger partial charge in [-0.2, -0.15) is 0 Å². The van der Waals surface area contributed by atoms with Crippen LogP contribution in [-0.4, -0.2) is 11.1 Å². The van der Waals surface area contributed by atoms with Crippen molar-refractivity contribution in [2.24, 2.45) is 0 Å². The second kappa shape index (κ2) is 6.30.